The third kappa shape index (κ3) is 3.61. The van der Waals surface area contributed by atoms with Gasteiger partial charge in [0, 0.05) is 12.6 Å². The van der Waals surface area contributed by atoms with Crippen molar-refractivity contribution in [3.8, 4) is 11.5 Å². The Balaban J connectivity index is 1.64. The number of nitrogens with one attached hydrogen (secondary N) is 1. The van der Waals surface area contributed by atoms with Gasteiger partial charge in [0.15, 0.2) is 0 Å². The number of rotatable bonds is 5. The van der Waals surface area contributed by atoms with E-state index in [4.69, 9.17) is 4.74 Å². The van der Waals surface area contributed by atoms with Gasteiger partial charge in [-0.2, -0.15) is 0 Å². The minimum Gasteiger partial charge on any atom is -0.457 e. The Morgan fingerprint density at radius 3 is 2.20 bits per heavy atom. The highest BCUT2D eigenvalue weighted by Gasteiger charge is 2.19. The van der Waals surface area contributed by atoms with Crippen molar-refractivity contribution in [2.45, 2.75) is 39.3 Å². The number of benzene rings is 2. The van der Waals surface area contributed by atoms with Crippen LogP contribution in [0, 0.1) is 13.8 Å². The van der Waals surface area contributed by atoms with Crippen LogP contribution in [0.3, 0.4) is 0 Å². The van der Waals surface area contributed by atoms with E-state index in [-0.39, 0.29) is 0 Å². The first kappa shape index (κ1) is 13.2. The monoisotopic (exact) mass is 267 g/mol. The van der Waals surface area contributed by atoms with Crippen molar-refractivity contribution < 1.29 is 4.74 Å². The summed E-state index contributed by atoms with van der Waals surface area (Å²) in [5, 5.41) is 3.52. The van der Waals surface area contributed by atoms with Gasteiger partial charge in [-0.1, -0.05) is 18.2 Å². The van der Waals surface area contributed by atoms with Gasteiger partial charge in [0.25, 0.3) is 0 Å². The van der Waals surface area contributed by atoms with Crippen LogP contribution in [-0.4, -0.2) is 6.04 Å². The van der Waals surface area contributed by atoms with Crippen LogP contribution in [-0.2, 0) is 6.54 Å². The first-order valence-electron chi connectivity index (χ1n) is 7.27. The van der Waals surface area contributed by atoms with E-state index in [9.17, 15) is 0 Å². The van der Waals surface area contributed by atoms with Gasteiger partial charge in [0.2, 0.25) is 0 Å². The summed E-state index contributed by atoms with van der Waals surface area (Å²) >= 11 is 0. The predicted octanol–water partition coefficient (Wildman–Crippen LogP) is 4.35. The minimum atomic E-state index is 0.751. The fourth-order valence-electron chi connectivity index (χ4n) is 2.35. The van der Waals surface area contributed by atoms with Crippen LogP contribution < -0.4 is 10.1 Å². The number of hydrogen-bond donors (Lipinski definition) is 1. The zero-order chi connectivity index (χ0) is 13.9. The van der Waals surface area contributed by atoms with E-state index in [0.717, 1.165) is 24.1 Å². The summed E-state index contributed by atoms with van der Waals surface area (Å²) in [6, 6.07) is 15.4. The highest BCUT2D eigenvalue weighted by Crippen LogP contribution is 2.24. The number of hydrogen-bond acceptors (Lipinski definition) is 2. The van der Waals surface area contributed by atoms with Crippen molar-refractivity contribution in [3.63, 3.8) is 0 Å². The third-order valence-electron chi connectivity index (χ3n) is 3.53. The third-order valence-corrected chi connectivity index (χ3v) is 3.53. The Bertz CT molecular complexity index is 565. The van der Waals surface area contributed by atoms with Crippen molar-refractivity contribution in [1.82, 2.24) is 5.32 Å². The normalized spacial score (nSPS) is 14.3. The molecule has 0 atom stereocenters. The Morgan fingerprint density at radius 2 is 1.60 bits per heavy atom. The van der Waals surface area contributed by atoms with E-state index >= 15 is 0 Å². The van der Waals surface area contributed by atoms with Gasteiger partial charge < -0.3 is 10.1 Å². The largest absolute Gasteiger partial charge is 0.457 e. The molecule has 3 rings (SSSR count). The first-order chi connectivity index (χ1) is 9.69. The SMILES string of the molecule is Cc1cc(C)cc(Oc2ccc(CNC3CC3)cc2)c1. The summed E-state index contributed by atoms with van der Waals surface area (Å²) in [5.41, 5.74) is 3.76. The zero-order valence-corrected chi connectivity index (χ0v) is 12.1. The van der Waals surface area contributed by atoms with E-state index in [1.54, 1.807) is 0 Å². The van der Waals surface area contributed by atoms with Gasteiger partial charge in [0.1, 0.15) is 11.5 Å². The molecule has 0 amide bonds. The van der Waals surface area contributed by atoms with Gasteiger partial charge in [-0.25, -0.2) is 0 Å². The predicted molar refractivity (Wildman–Crippen MR) is 82.3 cm³/mol. The van der Waals surface area contributed by atoms with Gasteiger partial charge in [-0.3, -0.25) is 0 Å². The molecule has 0 spiro atoms. The van der Waals surface area contributed by atoms with Crippen molar-refractivity contribution in [2.24, 2.45) is 0 Å². The molecule has 1 aliphatic rings. The van der Waals surface area contributed by atoms with Crippen molar-refractivity contribution in [2.75, 3.05) is 0 Å². The average Bonchev–Trinajstić information content (AvgIpc) is 3.21. The number of aryl methyl sites for hydroxylation is 2. The topological polar surface area (TPSA) is 21.3 Å². The Labute approximate surface area is 120 Å². The molecule has 0 radical (unpaired) electrons. The van der Waals surface area contributed by atoms with E-state index in [1.807, 2.05) is 12.1 Å². The molecule has 2 aromatic rings. The summed E-state index contributed by atoms with van der Waals surface area (Å²) in [6.45, 7) is 5.13. The molecule has 20 heavy (non-hydrogen) atoms. The molecule has 0 unspecified atom stereocenters. The lowest BCUT2D eigenvalue weighted by Crippen LogP contribution is -2.14. The lowest BCUT2D eigenvalue weighted by atomic mass is 10.1. The van der Waals surface area contributed by atoms with Crippen LogP contribution in [0.15, 0.2) is 42.5 Å². The lowest BCUT2D eigenvalue weighted by Gasteiger charge is -2.09. The fourth-order valence-corrected chi connectivity index (χ4v) is 2.35. The quantitative estimate of drug-likeness (QED) is 0.869. The molecule has 0 heterocycles. The standard InChI is InChI=1S/C18H21NO/c1-13-9-14(2)11-18(10-13)20-17-7-3-15(4-8-17)12-19-16-5-6-16/h3-4,7-11,16,19H,5-6,12H2,1-2H3. The van der Waals surface area contributed by atoms with Crippen LogP contribution in [0.2, 0.25) is 0 Å². The molecular weight excluding hydrogens is 246 g/mol. The second kappa shape index (κ2) is 5.68. The second-order valence-electron chi connectivity index (χ2n) is 5.72. The molecule has 0 saturated heterocycles. The summed E-state index contributed by atoms with van der Waals surface area (Å²) in [4.78, 5) is 0. The van der Waals surface area contributed by atoms with E-state index < -0.39 is 0 Å². The molecule has 1 fully saturated rings. The van der Waals surface area contributed by atoms with Gasteiger partial charge in [-0.15, -0.1) is 0 Å². The molecule has 1 aliphatic carbocycles. The van der Waals surface area contributed by atoms with Gasteiger partial charge in [0.05, 0.1) is 0 Å². The van der Waals surface area contributed by atoms with E-state index in [1.165, 1.54) is 29.5 Å². The maximum Gasteiger partial charge on any atom is 0.127 e. The molecule has 0 bridgehead atoms. The molecule has 1 saturated carbocycles. The Kier molecular flexibility index (Phi) is 3.75. The van der Waals surface area contributed by atoms with Crippen molar-refractivity contribution >= 4 is 0 Å². The van der Waals surface area contributed by atoms with Crippen LogP contribution in [0.4, 0.5) is 0 Å². The first-order valence-corrected chi connectivity index (χ1v) is 7.27. The molecule has 2 heteroatoms. The highest BCUT2D eigenvalue weighted by molar-refractivity contribution is 5.37. The van der Waals surface area contributed by atoms with Gasteiger partial charge in [-0.05, 0) is 67.6 Å². The number of ether oxygens (including phenoxy) is 1. The van der Waals surface area contributed by atoms with Gasteiger partial charge >= 0.3 is 0 Å². The molecule has 0 aliphatic heterocycles. The molecule has 1 N–H and O–H groups in total. The van der Waals surface area contributed by atoms with Crippen molar-refractivity contribution in [1.29, 1.82) is 0 Å². The summed E-state index contributed by atoms with van der Waals surface area (Å²) in [6.07, 6.45) is 2.65. The summed E-state index contributed by atoms with van der Waals surface area (Å²) in [7, 11) is 0. The smallest absolute Gasteiger partial charge is 0.127 e. The van der Waals surface area contributed by atoms with E-state index in [2.05, 4.69) is 49.5 Å². The van der Waals surface area contributed by atoms with Crippen molar-refractivity contribution in [3.05, 3.63) is 59.2 Å². The summed E-state index contributed by atoms with van der Waals surface area (Å²) < 4.78 is 5.91. The lowest BCUT2D eigenvalue weighted by molar-refractivity contribution is 0.481. The average molecular weight is 267 g/mol. The molecule has 0 aromatic heterocycles. The van der Waals surface area contributed by atoms with Crippen LogP contribution in [0.1, 0.15) is 29.5 Å². The molecule has 2 aromatic carbocycles. The Hall–Kier alpha value is -1.80. The Morgan fingerprint density at radius 1 is 0.950 bits per heavy atom. The molecular formula is C18H21NO. The maximum absolute atomic E-state index is 5.91. The second-order valence-corrected chi connectivity index (χ2v) is 5.72. The summed E-state index contributed by atoms with van der Waals surface area (Å²) in [5.74, 6) is 1.80. The maximum atomic E-state index is 5.91. The minimum absolute atomic E-state index is 0.751. The molecule has 104 valence electrons. The molecule has 2 nitrogen and oxygen atoms in total. The fraction of sp³-hybridized carbons (Fsp3) is 0.333. The van der Waals surface area contributed by atoms with Crippen LogP contribution >= 0.6 is 0 Å². The van der Waals surface area contributed by atoms with Crippen LogP contribution in [0.5, 0.6) is 11.5 Å². The highest BCUT2D eigenvalue weighted by atomic mass is 16.5. The van der Waals surface area contributed by atoms with E-state index in [0.29, 0.717) is 0 Å². The zero-order valence-electron chi connectivity index (χ0n) is 12.1. The van der Waals surface area contributed by atoms with Crippen LogP contribution in [0.25, 0.3) is 0 Å².